The second kappa shape index (κ2) is 7.80. The van der Waals surface area contributed by atoms with E-state index in [1.165, 1.54) is 0 Å². The molecule has 1 aliphatic carbocycles. The van der Waals surface area contributed by atoms with Crippen LogP contribution in [0.3, 0.4) is 0 Å². The average molecular weight is 395 g/mol. The molecule has 1 unspecified atom stereocenters. The number of nitrogens with one attached hydrogen (secondary N) is 1. The summed E-state index contributed by atoms with van der Waals surface area (Å²) in [5, 5.41) is 3.64. The highest BCUT2D eigenvalue weighted by molar-refractivity contribution is 6.32. The maximum atomic E-state index is 12.5. The van der Waals surface area contributed by atoms with Gasteiger partial charge in [-0.3, -0.25) is 9.59 Å². The van der Waals surface area contributed by atoms with Crippen LogP contribution in [0.5, 0.6) is 0 Å². The lowest BCUT2D eigenvalue weighted by atomic mass is 9.90. The minimum absolute atomic E-state index is 0.000654. The van der Waals surface area contributed by atoms with Crippen molar-refractivity contribution in [2.24, 2.45) is 11.3 Å². The van der Waals surface area contributed by atoms with Crippen molar-refractivity contribution in [2.45, 2.75) is 19.3 Å². The summed E-state index contributed by atoms with van der Waals surface area (Å²) in [6.45, 7) is 1.39. The third-order valence-corrected chi connectivity index (χ3v) is 6.27. The molecule has 28 heavy (non-hydrogen) atoms. The zero-order valence-electron chi connectivity index (χ0n) is 15.6. The smallest absolute Gasteiger partial charge is 0.246 e. The normalized spacial score (nSPS) is 20.3. The topological polar surface area (TPSA) is 49.4 Å². The summed E-state index contributed by atoms with van der Waals surface area (Å²) >= 11 is 6.13. The molecule has 2 aromatic rings. The predicted octanol–water partition coefficient (Wildman–Crippen LogP) is 4.62. The summed E-state index contributed by atoms with van der Waals surface area (Å²) in [4.78, 5) is 26.9. The van der Waals surface area contributed by atoms with Crippen LogP contribution < -0.4 is 5.32 Å². The van der Waals surface area contributed by atoms with E-state index in [0.717, 1.165) is 30.5 Å². The van der Waals surface area contributed by atoms with Crippen molar-refractivity contribution in [3.63, 3.8) is 0 Å². The van der Waals surface area contributed by atoms with Gasteiger partial charge in [0.2, 0.25) is 11.8 Å². The maximum Gasteiger partial charge on any atom is 0.246 e. The Labute approximate surface area is 170 Å². The van der Waals surface area contributed by atoms with E-state index in [-0.39, 0.29) is 23.1 Å². The summed E-state index contributed by atoms with van der Waals surface area (Å²) < 4.78 is 0. The number of carbonyl (C=O) groups is 2. The van der Waals surface area contributed by atoms with E-state index in [4.69, 9.17) is 11.6 Å². The Morgan fingerprint density at radius 3 is 2.43 bits per heavy atom. The van der Waals surface area contributed by atoms with E-state index in [1.54, 1.807) is 12.2 Å². The van der Waals surface area contributed by atoms with E-state index in [9.17, 15) is 9.59 Å². The molecule has 2 fully saturated rings. The molecule has 1 N–H and O–H groups in total. The molecule has 144 valence electrons. The number of carbonyl (C=O) groups excluding carboxylic acids is 2. The highest BCUT2D eigenvalue weighted by atomic mass is 35.5. The highest BCUT2D eigenvalue weighted by Crippen LogP contribution is 2.59. The van der Waals surface area contributed by atoms with Crippen molar-refractivity contribution in [3.8, 4) is 0 Å². The molecule has 1 saturated heterocycles. The van der Waals surface area contributed by atoms with Crippen molar-refractivity contribution < 1.29 is 9.59 Å². The summed E-state index contributed by atoms with van der Waals surface area (Å²) in [6.07, 6.45) is 6.04. The second-order valence-corrected chi connectivity index (χ2v) is 8.06. The SMILES string of the molecule is O=C(Nc1ccccc1)C1CC12CCN(C(=O)/C=C/c1ccccc1Cl)CC2. The Bertz CT molecular complexity index is 902. The third kappa shape index (κ3) is 3.97. The van der Waals surface area contributed by atoms with Gasteiger partial charge < -0.3 is 10.2 Å². The van der Waals surface area contributed by atoms with Gasteiger partial charge >= 0.3 is 0 Å². The maximum absolute atomic E-state index is 12.5. The number of para-hydroxylation sites is 1. The van der Waals surface area contributed by atoms with Gasteiger partial charge in [0.05, 0.1) is 0 Å². The molecule has 2 aliphatic rings. The molecule has 0 aromatic heterocycles. The lowest BCUT2D eigenvalue weighted by Crippen LogP contribution is -2.39. The van der Waals surface area contributed by atoms with E-state index >= 15 is 0 Å². The number of likely N-dealkylation sites (tertiary alicyclic amines) is 1. The van der Waals surface area contributed by atoms with Gasteiger partial charge in [0, 0.05) is 35.8 Å². The van der Waals surface area contributed by atoms with Crippen molar-refractivity contribution in [1.82, 2.24) is 4.90 Å². The van der Waals surface area contributed by atoms with Crippen molar-refractivity contribution in [1.29, 1.82) is 0 Å². The largest absolute Gasteiger partial charge is 0.339 e. The molecule has 4 nitrogen and oxygen atoms in total. The lowest BCUT2D eigenvalue weighted by molar-refractivity contribution is -0.127. The molecule has 1 saturated carbocycles. The standard InChI is InChI=1S/C23H23ClN2O2/c24-20-9-5-4-6-17(20)10-11-21(27)26-14-12-23(13-15-26)16-19(23)22(28)25-18-7-2-1-3-8-18/h1-11,19H,12-16H2,(H,25,28)/b11-10+. The number of halogens is 1. The van der Waals surface area contributed by atoms with Gasteiger partial charge in [-0.05, 0) is 54.5 Å². The highest BCUT2D eigenvalue weighted by Gasteiger charge is 2.58. The lowest BCUT2D eigenvalue weighted by Gasteiger charge is -2.32. The van der Waals surface area contributed by atoms with Gasteiger partial charge in [-0.2, -0.15) is 0 Å². The van der Waals surface area contributed by atoms with Gasteiger partial charge in [0.1, 0.15) is 0 Å². The molecule has 5 heteroatoms. The summed E-state index contributed by atoms with van der Waals surface area (Å²) in [6, 6.07) is 17.0. The van der Waals surface area contributed by atoms with Crippen molar-refractivity contribution in [3.05, 3.63) is 71.3 Å². The molecule has 0 radical (unpaired) electrons. The predicted molar refractivity (Wildman–Crippen MR) is 112 cm³/mol. The zero-order chi connectivity index (χ0) is 19.6. The fourth-order valence-electron chi connectivity index (χ4n) is 4.07. The first-order valence-corrected chi connectivity index (χ1v) is 10.0. The Kier molecular flexibility index (Phi) is 5.23. The van der Waals surface area contributed by atoms with Crippen LogP contribution in [-0.4, -0.2) is 29.8 Å². The molecule has 1 heterocycles. The quantitative estimate of drug-likeness (QED) is 0.769. The van der Waals surface area contributed by atoms with Gasteiger partial charge in [0.25, 0.3) is 0 Å². The van der Waals surface area contributed by atoms with E-state index in [2.05, 4.69) is 5.32 Å². The van der Waals surface area contributed by atoms with Gasteiger partial charge in [-0.15, -0.1) is 0 Å². The molecule has 0 bridgehead atoms. The fraction of sp³-hybridized carbons (Fsp3) is 0.304. The number of hydrogen-bond acceptors (Lipinski definition) is 2. The first-order valence-electron chi connectivity index (χ1n) is 9.65. The number of anilines is 1. The molecule has 1 atom stereocenters. The minimum atomic E-state index is 0.000654. The van der Waals surface area contributed by atoms with E-state index in [1.807, 2.05) is 59.5 Å². The van der Waals surface area contributed by atoms with E-state index < -0.39 is 0 Å². The first kappa shape index (κ1) is 18.8. The van der Waals surface area contributed by atoms with Crippen LogP contribution in [0.1, 0.15) is 24.8 Å². The Hall–Kier alpha value is -2.59. The average Bonchev–Trinajstić information content (AvgIpc) is 3.42. The summed E-state index contributed by atoms with van der Waals surface area (Å²) in [7, 11) is 0. The number of piperidine rings is 1. The first-order chi connectivity index (χ1) is 13.6. The molecule has 1 spiro atoms. The van der Waals surface area contributed by atoms with Gasteiger partial charge in [-0.25, -0.2) is 0 Å². The molecule has 1 aliphatic heterocycles. The van der Waals surface area contributed by atoms with Crippen LogP contribution in [0.2, 0.25) is 5.02 Å². The van der Waals surface area contributed by atoms with E-state index in [0.29, 0.717) is 18.1 Å². The van der Waals surface area contributed by atoms with Crippen LogP contribution >= 0.6 is 11.6 Å². The van der Waals surface area contributed by atoms with Crippen LogP contribution in [0.15, 0.2) is 60.7 Å². The number of rotatable bonds is 4. The molecular weight excluding hydrogens is 372 g/mol. The minimum Gasteiger partial charge on any atom is -0.339 e. The Morgan fingerprint density at radius 2 is 1.71 bits per heavy atom. The Morgan fingerprint density at radius 1 is 1.04 bits per heavy atom. The van der Waals surface area contributed by atoms with Crippen LogP contribution in [0.4, 0.5) is 5.69 Å². The molecule has 2 amide bonds. The number of amides is 2. The van der Waals surface area contributed by atoms with Crippen LogP contribution in [0.25, 0.3) is 6.08 Å². The van der Waals surface area contributed by atoms with Crippen molar-refractivity contribution >= 4 is 35.2 Å². The zero-order valence-corrected chi connectivity index (χ0v) is 16.4. The fourth-order valence-corrected chi connectivity index (χ4v) is 4.27. The number of nitrogens with zero attached hydrogens (tertiary/aromatic N) is 1. The molecule has 4 rings (SSSR count). The van der Waals surface area contributed by atoms with Gasteiger partial charge in [-0.1, -0.05) is 48.0 Å². The second-order valence-electron chi connectivity index (χ2n) is 7.65. The van der Waals surface area contributed by atoms with Gasteiger partial charge in [0.15, 0.2) is 0 Å². The number of benzene rings is 2. The Balaban J connectivity index is 1.30. The monoisotopic (exact) mass is 394 g/mol. The summed E-state index contributed by atoms with van der Waals surface area (Å²) in [5.41, 5.74) is 1.75. The summed E-state index contributed by atoms with van der Waals surface area (Å²) in [5.74, 6) is 0.161. The van der Waals surface area contributed by atoms with Crippen molar-refractivity contribution in [2.75, 3.05) is 18.4 Å². The van der Waals surface area contributed by atoms with Crippen LogP contribution in [-0.2, 0) is 9.59 Å². The number of hydrogen-bond donors (Lipinski definition) is 1. The van der Waals surface area contributed by atoms with Crippen LogP contribution in [0, 0.1) is 11.3 Å². The molecule has 2 aromatic carbocycles. The molecular formula is C23H23ClN2O2. The third-order valence-electron chi connectivity index (χ3n) is 5.93.